The van der Waals surface area contributed by atoms with Gasteiger partial charge < -0.3 is 4.74 Å². The molecule has 3 heteroatoms. The van der Waals surface area contributed by atoms with E-state index in [-0.39, 0.29) is 0 Å². The first-order chi connectivity index (χ1) is 7.11. The molecule has 0 aliphatic carbocycles. The van der Waals surface area contributed by atoms with Crippen molar-refractivity contribution in [1.82, 2.24) is 9.97 Å². The molecule has 0 radical (unpaired) electrons. The normalized spacial score (nSPS) is 10.7. The number of aromatic nitrogens is 2. The second-order valence-corrected chi connectivity index (χ2v) is 3.70. The lowest BCUT2D eigenvalue weighted by Gasteiger charge is -2.07. The molecule has 0 aliphatic heterocycles. The van der Waals surface area contributed by atoms with Crippen molar-refractivity contribution < 1.29 is 4.74 Å². The van der Waals surface area contributed by atoms with E-state index < -0.39 is 0 Å². The molecule has 15 heavy (non-hydrogen) atoms. The Morgan fingerprint density at radius 1 is 0.933 bits per heavy atom. The summed E-state index contributed by atoms with van der Waals surface area (Å²) in [5.74, 6) is 0.861. The van der Waals surface area contributed by atoms with Crippen LogP contribution in [0.2, 0.25) is 0 Å². The zero-order valence-corrected chi connectivity index (χ0v) is 9.46. The van der Waals surface area contributed by atoms with Crippen molar-refractivity contribution in [3.8, 4) is 5.75 Å². The van der Waals surface area contributed by atoms with Gasteiger partial charge in [-0.1, -0.05) is 0 Å². The molecule has 1 aromatic heterocycles. The number of hydrogen-bond acceptors (Lipinski definition) is 3. The number of methoxy groups -OCH3 is 1. The highest BCUT2D eigenvalue weighted by Crippen LogP contribution is 2.23. The maximum Gasteiger partial charge on any atom is 0.124 e. The fraction of sp³-hybridized carbons (Fsp3) is 0.333. The Bertz CT molecular complexity index is 521. The maximum absolute atomic E-state index is 5.26. The van der Waals surface area contributed by atoms with E-state index in [4.69, 9.17) is 4.74 Å². The SMILES string of the molecule is COc1cc2nc(C)c(C)nc2cc1C. The van der Waals surface area contributed by atoms with E-state index in [1.165, 1.54) is 0 Å². The lowest BCUT2D eigenvalue weighted by Crippen LogP contribution is -1.95. The predicted octanol–water partition coefficient (Wildman–Crippen LogP) is 2.56. The number of rotatable bonds is 1. The Morgan fingerprint density at radius 2 is 1.47 bits per heavy atom. The van der Waals surface area contributed by atoms with Crippen molar-refractivity contribution in [1.29, 1.82) is 0 Å². The Kier molecular flexibility index (Phi) is 2.31. The fourth-order valence-electron chi connectivity index (χ4n) is 1.58. The number of hydrogen-bond donors (Lipinski definition) is 0. The van der Waals surface area contributed by atoms with Crippen LogP contribution in [-0.2, 0) is 0 Å². The number of nitrogens with zero attached hydrogens (tertiary/aromatic N) is 2. The van der Waals surface area contributed by atoms with Gasteiger partial charge in [0.05, 0.1) is 29.5 Å². The molecule has 0 saturated heterocycles. The third kappa shape index (κ3) is 1.65. The summed E-state index contributed by atoms with van der Waals surface area (Å²) in [7, 11) is 1.67. The molecular formula is C12H14N2O. The molecular weight excluding hydrogens is 188 g/mol. The minimum absolute atomic E-state index is 0.861. The maximum atomic E-state index is 5.26. The Labute approximate surface area is 89.1 Å². The van der Waals surface area contributed by atoms with E-state index in [0.717, 1.165) is 33.7 Å². The summed E-state index contributed by atoms with van der Waals surface area (Å²) in [6.45, 7) is 5.95. The Morgan fingerprint density at radius 3 is 2.00 bits per heavy atom. The zero-order chi connectivity index (χ0) is 11.0. The molecule has 0 aliphatic rings. The summed E-state index contributed by atoms with van der Waals surface area (Å²) in [5, 5.41) is 0. The molecule has 3 nitrogen and oxygen atoms in total. The van der Waals surface area contributed by atoms with Crippen LogP contribution in [-0.4, -0.2) is 17.1 Å². The van der Waals surface area contributed by atoms with Crippen LogP contribution in [0.5, 0.6) is 5.75 Å². The molecule has 1 heterocycles. The van der Waals surface area contributed by atoms with Crippen molar-refractivity contribution >= 4 is 11.0 Å². The lowest BCUT2D eigenvalue weighted by atomic mass is 10.2. The molecule has 1 aromatic carbocycles. The van der Waals surface area contributed by atoms with Crippen LogP contribution in [0.15, 0.2) is 12.1 Å². The topological polar surface area (TPSA) is 35.0 Å². The molecule has 0 atom stereocenters. The second kappa shape index (κ2) is 3.50. The molecule has 2 rings (SSSR count). The molecule has 0 saturated carbocycles. The average Bonchev–Trinajstić information content (AvgIpc) is 2.20. The van der Waals surface area contributed by atoms with E-state index in [1.54, 1.807) is 7.11 Å². The second-order valence-electron chi connectivity index (χ2n) is 3.70. The molecule has 78 valence electrons. The third-order valence-corrected chi connectivity index (χ3v) is 2.59. The van der Waals surface area contributed by atoms with Gasteiger partial charge in [0.15, 0.2) is 0 Å². The largest absolute Gasteiger partial charge is 0.496 e. The molecule has 0 amide bonds. The van der Waals surface area contributed by atoms with Gasteiger partial charge in [-0.25, -0.2) is 9.97 Å². The highest BCUT2D eigenvalue weighted by molar-refractivity contribution is 5.77. The van der Waals surface area contributed by atoms with Gasteiger partial charge in [-0.3, -0.25) is 0 Å². The lowest BCUT2D eigenvalue weighted by molar-refractivity contribution is 0.412. The van der Waals surface area contributed by atoms with E-state index in [0.29, 0.717) is 0 Å². The molecule has 0 N–H and O–H groups in total. The summed E-state index contributed by atoms with van der Waals surface area (Å²) in [6, 6.07) is 3.94. The van der Waals surface area contributed by atoms with Gasteiger partial charge in [0.25, 0.3) is 0 Å². The van der Waals surface area contributed by atoms with Gasteiger partial charge in [-0.05, 0) is 32.4 Å². The summed E-state index contributed by atoms with van der Waals surface area (Å²) in [5.41, 5.74) is 4.85. The van der Waals surface area contributed by atoms with Crippen molar-refractivity contribution in [2.75, 3.05) is 7.11 Å². The zero-order valence-electron chi connectivity index (χ0n) is 9.46. The summed E-state index contributed by atoms with van der Waals surface area (Å²) >= 11 is 0. The Hall–Kier alpha value is -1.64. The summed E-state index contributed by atoms with van der Waals surface area (Å²) < 4.78 is 5.26. The highest BCUT2D eigenvalue weighted by Gasteiger charge is 2.05. The first-order valence-electron chi connectivity index (χ1n) is 4.91. The molecule has 0 unspecified atom stereocenters. The quantitative estimate of drug-likeness (QED) is 0.712. The van der Waals surface area contributed by atoms with E-state index in [2.05, 4.69) is 9.97 Å². The van der Waals surface area contributed by atoms with Crippen molar-refractivity contribution in [3.63, 3.8) is 0 Å². The van der Waals surface area contributed by atoms with Crippen LogP contribution in [0.3, 0.4) is 0 Å². The van der Waals surface area contributed by atoms with Crippen molar-refractivity contribution in [3.05, 3.63) is 29.1 Å². The van der Waals surface area contributed by atoms with Crippen LogP contribution < -0.4 is 4.74 Å². The van der Waals surface area contributed by atoms with Crippen molar-refractivity contribution in [2.45, 2.75) is 20.8 Å². The smallest absolute Gasteiger partial charge is 0.124 e. The number of ether oxygens (including phenoxy) is 1. The Balaban J connectivity index is 2.76. The van der Waals surface area contributed by atoms with Crippen molar-refractivity contribution in [2.24, 2.45) is 0 Å². The first-order valence-corrected chi connectivity index (χ1v) is 4.91. The van der Waals surface area contributed by atoms with Gasteiger partial charge >= 0.3 is 0 Å². The fourth-order valence-corrected chi connectivity index (χ4v) is 1.58. The van der Waals surface area contributed by atoms with Crippen LogP contribution in [0.25, 0.3) is 11.0 Å². The standard InChI is InChI=1S/C12H14N2O/c1-7-5-10-11(6-12(7)15-4)14-9(3)8(2)13-10/h5-6H,1-4H3. The van der Waals surface area contributed by atoms with Crippen LogP contribution in [0.4, 0.5) is 0 Å². The van der Waals surface area contributed by atoms with Crippen LogP contribution >= 0.6 is 0 Å². The number of benzene rings is 1. The summed E-state index contributed by atoms with van der Waals surface area (Å²) in [4.78, 5) is 8.98. The van der Waals surface area contributed by atoms with Gasteiger partial charge in [-0.15, -0.1) is 0 Å². The van der Waals surface area contributed by atoms with Crippen LogP contribution in [0.1, 0.15) is 17.0 Å². The number of aryl methyl sites for hydroxylation is 3. The summed E-state index contributed by atoms with van der Waals surface area (Å²) in [6.07, 6.45) is 0. The monoisotopic (exact) mass is 202 g/mol. The third-order valence-electron chi connectivity index (χ3n) is 2.59. The minimum atomic E-state index is 0.861. The van der Waals surface area contributed by atoms with E-state index >= 15 is 0 Å². The van der Waals surface area contributed by atoms with Crippen LogP contribution in [0, 0.1) is 20.8 Å². The molecule has 0 bridgehead atoms. The average molecular weight is 202 g/mol. The van der Waals surface area contributed by atoms with Gasteiger partial charge in [0.1, 0.15) is 5.75 Å². The van der Waals surface area contributed by atoms with Gasteiger partial charge in [0, 0.05) is 6.07 Å². The predicted molar refractivity (Wildman–Crippen MR) is 60.3 cm³/mol. The van der Waals surface area contributed by atoms with Gasteiger partial charge in [-0.2, -0.15) is 0 Å². The van der Waals surface area contributed by atoms with E-state index in [1.807, 2.05) is 32.9 Å². The first kappa shape index (κ1) is 9.90. The number of fused-ring (bicyclic) bond motifs is 1. The minimum Gasteiger partial charge on any atom is -0.496 e. The molecule has 0 spiro atoms. The molecule has 0 fully saturated rings. The van der Waals surface area contributed by atoms with E-state index in [9.17, 15) is 0 Å². The molecule has 2 aromatic rings. The highest BCUT2D eigenvalue weighted by atomic mass is 16.5. The van der Waals surface area contributed by atoms with Gasteiger partial charge in [0.2, 0.25) is 0 Å².